The van der Waals surface area contributed by atoms with Gasteiger partial charge in [-0.3, -0.25) is 0 Å². The molecule has 1 aliphatic carbocycles. The number of alkyl halides is 3. The van der Waals surface area contributed by atoms with Crippen molar-refractivity contribution in [1.82, 2.24) is 18.9 Å². The van der Waals surface area contributed by atoms with Gasteiger partial charge in [-0.25, -0.2) is 14.6 Å². The third-order valence-electron chi connectivity index (χ3n) is 5.93. The number of halogens is 3. The summed E-state index contributed by atoms with van der Waals surface area (Å²) < 4.78 is 70.9. The molecule has 30 heavy (non-hydrogen) atoms. The molecule has 8 nitrogen and oxygen atoms in total. The minimum absolute atomic E-state index is 0.0588. The van der Waals surface area contributed by atoms with E-state index in [1.54, 1.807) is 16.6 Å². The Bertz CT molecular complexity index is 1030. The lowest BCUT2D eigenvalue weighted by atomic mass is 9.80. The zero-order valence-electron chi connectivity index (χ0n) is 16.5. The third kappa shape index (κ3) is 4.32. The zero-order valence-corrected chi connectivity index (χ0v) is 17.3. The number of ether oxygens (including phenoxy) is 1. The van der Waals surface area contributed by atoms with Crippen LogP contribution >= 0.6 is 0 Å². The molecule has 1 aliphatic heterocycles. The Balaban J connectivity index is 1.61. The van der Waals surface area contributed by atoms with E-state index in [0.717, 1.165) is 4.31 Å². The summed E-state index contributed by atoms with van der Waals surface area (Å²) in [6.07, 6.45) is -3.70. The first-order valence-corrected chi connectivity index (χ1v) is 11.4. The first kappa shape index (κ1) is 21.5. The Morgan fingerprint density at radius 3 is 2.53 bits per heavy atom. The maximum absolute atomic E-state index is 13.0. The summed E-state index contributed by atoms with van der Waals surface area (Å²) in [7, 11) is -3.84. The second kappa shape index (κ2) is 7.74. The van der Waals surface area contributed by atoms with Crippen molar-refractivity contribution in [3.05, 3.63) is 29.2 Å². The molecule has 0 unspecified atom stereocenters. The molecule has 1 atom stereocenters. The van der Waals surface area contributed by atoms with Gasteiger partial charge in [-0.05, 0) is 38.7 Å². The molecule has 1 saturated heterocycles. The molecule has 0 bridgehead atoms. The first-order valence-electron chi connectivity index (χ1n) is 9.86. The van der Waals surface area contributed by atoms with Crippen LogP contribution in [0.4, 0.5) is 13.2 Å². The van der Waals surface area contributed by atoms with Gasteiger partial charge in [-0.15, -0.1) is 0 Å². The molecule has 1 saturated carbocycles. The van der Waals surface area contributed by atoms with Gasteiger partial charge < -0.3 is 4.74 Å². The molecule has 2 aromatic heterocycles. The molecular weight excluding hydrogens is 423 g/mol. The van der Waals surface area contributed by atoms with E-state index < -0.39 is 28.4 Å². The Labute approximate surface area is 172 Å². The molecule has 2 aliphatic rings. The van der Waals surface area contributed by atoms with Crippen LogP contribution in [0.3, 0.4) is 0 Å². The van der Waals surface area contributed by atoms with Crippen molar-refractivity contribution in [1.29, 1.82) is 0 Å². The Morgan fingerprint density at radius 1 is 1.20 bits per heavy atom. The van der Waals surface area contributed by atoms with Crippen LogP contribution in [0.25, 0.3) is 5.65 Å². The molecule has 0 radical (unpaired) electrons. The average Bonchev–Trinajstić information content (AvgIpc) is 3.10. The van der Waals surface area contributed by atoms with Gasteiger partial charge in [-0.1, -0.05) is 0 Å². The minimum Gasteiger partial charge on any atom is -0.369 e. The number of rotatable bonds is 3. The lowest BCUT2D eigenvalue weighted by Crippen LogP contribution is -2.45. The van der Waals surface area contributed by atoms with Crippen LogP contribution in [0.15, 0.2) is 12.1 Å². The second-order valence-electron chi connectivity index (χ2n) is 8.01. The lowest BCUT2D eigenvalue weighted by molar-refractivity contribution is -0.182. The molecule has 0 spiro atoms. The van der Waals surface area contributed by atoms with E-state index in [1.165, 1.54) is 0 Å². The quantitative estimate of drug-likeness (QED) is 0.779. The van der Waals surface area contributed by atoms with Gasteiger partial charge in [0.05, 0.1) is 23.9 Å². The number of aromatic nitrogens is 3. The van der Waals surface area contributed by atoms with Crippen molar-refractivity contribution in [3.63, 3.8) is 0 Å². The zero-order chi connectivity index (χ0) is 21.7. The number of hydrogen-bond donors (Lipinski definition) is 1. The van der Waals surface area contributed by atoms with Crippen molar-refractivity contribution >= 4 is 15.9 Å². The molecule has 2 aromatic rings. The van der Waals surface area contributed by atoms with Crippen molar-refractivity contribution in [3.8, 4) is 0 Å². The van der Waals surface area contributed by atoms with Crippen LogP contribution in [-0.4, -0.2) is 53.2 Å². The fourth-order valence-electron chi connectivity index (χ4n) is 4.33. The lowest BCUT2D eigenvalue weighted by Gasteiger charge is -2.31. The number of aryl methyl sites for hydroxylation is 1. The van der Waals surface area contributed by atoms with E-state index in [4.69, 9.17) is 9.88 Å². The van der Waals surface area contributed by atoms with Crippen LogP contribution in [0, 0.1) is 12.8 Å². The number of nitrogens with zero attached hydrogens (tertiary/aromatic N) is 4. The Hall–Kier alpha value is -1.76. The van der Waals surface area contributed by atoms with Crippen molar-refractivity contribution in [2.75, 3.05) is 19.7 Å². The standard InChI is InChI=1S/C18H24F3N5O3S/c1-11-8-15(16-10-25(6-7-29-16)30(22,27)28)26-17(23-11)9-14(24-26)12-2-4-13(5-3-12)18(19,20)21/h8-9,12-13,16H,2-7,10H2,1H3,(H2,22,27,28)/t12-,13-,16-/m1/s1. The molecular formula is C18H24F3N5O3S. The Morgan fingerprint density at radius 2 is 1.90 bits per heavy atom. The number of fused-ring (bicyclic) bond motifs is 1. The monoisotopic (exact) mass is 447 g/mol. The van der Waals surface area contributed by atoms with Crippen LogP contribution in [0.5, 0.6) is 0 Å². The van der Waals surface area contributed by atoms with Crippen molar-refractivity contribution < 1.29 is 26.3 Å². The van der Waals surface area contributed by atoms with Gasteiger partial charge in [0.2, 0.25) is 0 Å². The molecule has 0 aromatic carbocycles. The fourth-order valence-corrected chi connectivity index (χ4v) is 5.00. The molecule has 12 heteroatoms. The fraction of sp³-hybridized carbons (Fsp3) is 0.667. The maximum atomic E-state index is 13.0. The number of hydrogen-bond acceptors (Lipinski definition) is 5. The maximum Gasteiger partial charge on any atom is 0.391 e. The second-order valence-corrected chi connectivity index (χ2v) is 9.56. The molecule has 2 fully saturated rings. The number of nitrogens with two attached hydrogens (primary N) is 1. The first-order chi connectivity index (χ1) is 14.0. The molecule has 4 rings (SSSR count). The van der Waals surface area contributed by atoms with E-state index in [2.05, 4.69) is 10.1 Å². The molecule has 166 valence electrons. The highest BCUT2D eigenvalue weighted by molar-refractivity contribution is 7.86. The van der Waals surface area contributed by atoms with Crippen LogP contribution in [0.1, 0.15) is 54.8 Å². The van der Waals surface area contributed by atoms with E-state index in [-0.39, 0.29) is 38.5 Å². The van der Waals surface area contributed by atoms with Crippen LogP contribution in [0.2, 0.25) is 0 Å². The predicted molar refractivity (Wildman–Crippen MR) is 102 cm³/mol. The van der Waals surface area contributed by atoms with Gasteiger partial charge in [-0.2, -0.15) is 31.0 Å². The van der Waals surface area contributed by atoms with Gasteiger partial charge in [0.15, 0.2) is 5.65 Å². The summed E-state index contributed by atoms with van der Waals surface area (Å²) in [4.78, 5) is 4.48. The van der Waals surface area contributed by atoms with E-state index >= 15 is 0 Å². The molecule has 0 amide bonds. The van der Waals surface area contributed by atoms with Crippen molar-refractivity contribution in [2.24, 2.45) is 11.1 Å². The highest BCUT2D eigenvalue weighted by Gasteiger charge is 2.42. The smallest absolute Gasteiger partial charge is 0.369 e. The highest BCUT2D eigenvalue weighted by atomic mass is 32.2. The topological polar surface area (TPSA) is 103 Å². The summed E-state index contributed by atoms with van der Waals surface area (Å²) in [6.45, 7) is 2.24. The largest absolute Gasteiger partial charge is 0.391 e. The van der Waals surface area contributed by atoms with E-state index in [9.17, 15) is 21.6 Å². The van der Waals surface area contributed by atoms with E-state index in [0.29, 0.717) is 35.6 Å². The SMILES string of the molecule is Cc1cc([C@H]2CN(S(N)(=O)=O)CCO2)n2nc([C@H]3CC[C@H](C(F)(F)F)CC3)cc2n1. The van der Waals surface area contributed by atoms with Gasteiger partial charge in [0, 0.05) is 30.8 Å². The van der Waals surface area contributed by atoms with Crippen LogP contribution < -0.4 is 5.14 Å². The minimum atomic E-state index is -4.15. The summed E-state index contributed by atoms with van der Waals surface area (Å²) in [5.74, 6) is -1.31. The highest BCUT2D eigenvalue weighted by Crippen LogP contribution is 2.42. The molecule has 3 heterocycles. The normalized spacial score (nSPS) is 26.9. The summed E-state index contributed by atoms with van der Waals surface area (Å²) in [5.41, 5.74) is 2.62. The van der Waals surface area contributed by atoms with Gasteiger partial charge >= 0.3 is 6.18 Å². The van der Waals surface area contributed by atoms with Crippen molar-refractivity contribution in [2.45, 2.75) is 50.8 Å². The van der Waals surface area contributed by atoms with Gasteiger partial charge in [0.1, 0.15) is 6.10 Å². The van der Waals surface area contributed by atoms with Gasteiger partial charge in [0.25, 0.3) is 10.2 Å². The molecule has 2 N–H and O–H groups in total. The average molecular weight is 447 g/mol. The van der Waals surface area contributed by atoms with E-state index in [1.807, 2.05) is 6.92 Å². The third-order valence-corrected chi connectivity index (χ3v) is 6.98. The predicted octanol–water partition coefficient (Wildman–Crippen LogP) is 2.45. The number of morpholine rings is 1. The Kier molecular flexibility index (Phi) is 5.54. The summed E-state index contributed by atoms with van der Waals surface area (Å²) in [5, 5.41) is 9.88. The summed E-state index contributed by atoms with van der Waals surface area (Å²) >= 11 is 0. The van der Waals surface area contributed by atoms with Crippen LogP contribution in [-0.2, 0) is 14.9 Å². The summed E-state index contributed by atoms with van der Waals surface area (Å²) in [6, 6.07) is 3.58.